The molecule has 1 rings (SSSR count). The Morgan fingerprint density at radius 1 is 1.31 bits per heavy atom. The fourth-order valence-electron chi connectivity index (χ4n) is 0.811. The lowest BCUT2D eigenvalue weighted by Crippen LogP contribution is -2.04. The van der Waals surface area contributed by atoms with Gasteiger partial charge in [-0.3, -0.25) is 9.78 Å². The Labute approximate surface area is 73.7 Å². The van der Waals surface area contributed by atoms with Crippen molar-refractivity contribution in [2.45, 2.75) is 6.42 Å². The maximum absolute atomic E-state index is 10.4. The molecule has 0 amide bonds. The van der Waals surface area contributed by atoms with Crippen LogP contribution in [-0.4, -0.2) is 27.1 Å². The summed E-state index contributed by atoms with van der Waals surface area (Å²) in [5.74, 6) is -2.06. The smallest absolute Gasteiger partial charge is 0.337 e. The summed E-state index contributed by atoms with van der Waals surface area (Å²) in [5, 5.41) is 16.9. The standard InChI is InChI=1S/C8H7NO4/c10-7(11)3-6-2-1-5(4-9-6)8(12)13/h1-2,4H,3H2,(H,10,11)(H,12,13). The minimum Gasteiger partial charge on any atom is -0.481 e. The van der Waals surface area contributed by atoms with Gasteiger partial charge < -0.3 is 10.2 Å². The van der Waals surface area contributed by atoms with Crippen LogP contribution < -0.4 is 0 Å². The van der Waals surface area contributed by atoms with Crippen LogP contribution in [0.5, 0.6) is 0 Å². The lowest BCUT2D eigenvalue weighted by molar-refractivity contribution is -0.136. The molecule has 0 radical (unpaired) electrons. The van der Waals surface area contributed by atoms with Gasteiger partial charge in [0.25, 0.3) is 0 Å². The molecule has 0 aliphatic rings. The zero-order valence-electron chi connectivity index (χ0n) is 6.60. The molecule has 1 aromatic heterocycles. The molecule has 0 bridgehead atoms. The number of aromatic carboxylic acids is 1. The molecule has 0 saturated heterocycles. The molecule has 0 unspecified atom stereocenters. The largest absolute Gasteiger partial charge is 0.481 e. The lowest BCUT2D eigenvalue weighted by Gasteiger charge is -1.96. The highest BCUT2D eigenvalue weighted by molar-refractivity contribution is 5.87. The average Bonchev–Trinajstić information content (AvgIpc) is 2.04. The third-order valence-electron chi connectivity index (χ3n) is 1.40. The Hall–Kier alpha value is -1.91. The molecule has 5 nitrogen and oxygen atoms in total. The Balaban J connectivity index is 2.81. The zero-order valence-corrected chi connectivity index (χ0v) is 6.60. The molecule has 68 valence electrons. The number of carboxylic acids is 2. The van der Waals surface area contributed by atoms with Gasteiger partial charge in [0.1, 0.15) is 0 Å². The summed E-state index contributed by atoms with van der Waals surface area (Å²) in [6.07, 6.45) is 0.945. The number of hydrogen-bond donors (Lipinski definition) is 2. The number of nitrogens with zero attached hydrogens (tertiary/aromatic N) is 1. The minimum atomic E-state index is -1.07. The molecule has 13 heavy (non-hydrogen) atoms. The van der Waals surface area contributed by atoms with Crippen LogP contribution in [0.25, 0.3) is 0 Å². The van der Waals surface area contributed by atoms with Crippen LogP contribution in [0.15, 0.2) is 18.3 Å². The van der Waals surface area contributed by atoms with Crippen LogP contribution in [0, 0.1) is 0 Å². The molecular formula is C8H7NO4. The van der Waals surface area contributed by atoms with Crippen molar-refractivity contribution in [3.63, 3.8) is 0 Å². The van der Waals surface area contributed by atoms with Gasteiger partial charge in [0.2, 0.25) is 0 Å². The van der Waals surface area contributed by atoms with E-state index in [1.807, 2.05) is 0 Å². The van der Waals surface area contributed by atoms with E-state index in [-0.39, 0.29) is 12.0 Å². The van der Waals surface area contributed by atoms with Crippen molar-refractivity contribution in [2.24, 2.45) is 0 Å². The zero-order chi connectivity index (χ0) is 9.84. The molecule has 0 aliphatic heterocycles. The third-order valence-corrected chi connectivity index (χ3v) is 1.40. The van der Waals surface area contributed by atoms with Crippen molar-refractivity contribution >= 4 is 11.9 Å². The van der Waals surface area contributed by atoms with E-state index in [9.17, 15) is 9.59 Å². The number of carboxylic acid groups (broad SMARTS) is 2. The first-order valence-corrected chi connectivity index (χ1v) is 3.49. The van der Waals surface area contributed by atoms with E-state index in [0.29, 0.717) is 5.69 Å². The van der Waals surface area contributed by atoms with Crippen LogP contribution in [-0.2, 0) is 11.2 Å². The second-order valence-corrected chi connectivity index (χ2v) is 2.41. The number of rotatable bonds is 3. The molecule has 0 aromatic carbocycles. The molecule has 0 spiro atoms. The second-order valence-electron chi connectivity index (χ2n) is 2.41. The summed E-state index contributed by atoms with van der Waals surface area (Å²) >= 11 is 0. The van der Waals surface area contributed by atoms with E-state index in [0.717, 1.165) is 6.20 Å². The fraction of sp³-hybridized carbons (Fsp3) is 0.125. The highest BCUT2D eigenvalue weighted by Gasteiger charge is 2.04. The van der Waals surface area contributed by atoms with Crippen LogP contribution in [0.2, 0.25) is 0 Å². The summed E-state index contributed by atoms with van der Waals surface area (Å²) in [6.45, 7) is 0. The van der Waals surface area contributed by atoms with Crippen molar-refractivity contribution in [3.05, 3.63) is 29.6 Å². The van der Waals surface area contributed by atoms with Crippen molar-refractivity contribution < 1.29 is 19.8 Å². The molecule has 0 atom stereocenters. The summed E-state index contributed by atoms with van der Waals surface area (Å²) in [6, 6.07) is 2.71. The summed E-state index contributed by atoms with van der Waals surface area (Å²) in [7, 11) is 0. The molecule has 5 heteroatoms. The van der Waals surface area contributed by atoms with Crippen LogP contribution in [0.4, 0.5) is 0 Å². The van der Waals surface area contributed by atoms with Gasteiger partial charge in [0, 0.05) is 6.20 Å². The normalized spacial score (nSPS) is 9.54. The fourth-order valence-corrected chi connectivity index (χ4v) is 0.811. The molecule has 1 heterocycles. The van der Waals surface area contributed by atoms with Gasteiger partial charge in [-0.15, -0.1) is 0 Å². The van der Waals surface area contributed by atoms with Crippen molar-refractivity contribution in [2.75, 3.05) is 0 Å². The SMILES string of the molecule is O=C(O)Cc1ccc(C(=O)O)cn1. The predicted octanol–water partition coefficient (Wildman–Crippen LogP) is 0.407. The first-order chi connectivity index (χ1) is 6.09. The van der Waals surface area contributed by atoms with E-state index in [4.69, 9.17) is 10.2 Å². The highest BCUT2D eigenvalue weighted by atomic mass is 16.4. The Morgan fingerprint density at radius 3 is 2.38 bits per heavy atom. The molecule has 2 N–H and O–H groups in total. The van der Waals surface area contributed by atoms with E-state index >= 15 is 0 Å². The number of aromatic nitrogens is 1. The number of hydrogen-bond acceptors (Lipinski definition) is 3. The van der Waals surface area contributed by atoms with E-state index in [2.05, 4.69) is 4.98 Å². The topological polar surface area (TPSA) is 87.5 Å². The van der Waals surface area contributed by atoms with Gasteiger partial charge in [-0.1, -0.05) is 0 Å². The van der Waals surface area contributed by atoms with Gasteiger partial charge >= 0.3 is 11.9 Å². The van der Waals surface area contributed by atoms with E-state index < -0.39 is 11.9 Å². The predicted molar refractivity (Wildman–Crippen MR) is 42.5 cm³/mol. The van der Waals surface area contributed by atoms with Gasteiger partial charge in [-0.25, -0.2) is 4.79 Å². The summed E-state index contributed by atoms with van der Waals surface area (Å²) in [4.78, 5) is 24.3. The van der Waals surface area contributed by atoms with E-state index in [1.165, 1.54) is 12.1 Å². The summed E-state index contributed by atoms with van der Waals surface area (Å²) < 4.78 is 0. The van der Waals surface area contributed by atoms with Crippen LogP contribution >= 0.6 is 0 Å². The monoisotopic (exact) mass is 181 g/mol. The Bertz CT molecular complexity index is 331. The van der Waals surface area contributed by atoms with Gasteiger partial charge in [-0.05, 0) is 12.1 Å². The number of carbonyl (C=O) groups is 2. The molecule has 0 aliphatic carbocycles. The lowest BCUT2D eigenvalue weighted by atomic mass is 10.2. The number of aliphatic carboxylic acids is 1. The van der Waals surface area contributed by atoms with Crippen molar-refractivity contribution in [3.8, 4) is 0 Å². The Morgan fingerprint density at radius 2 is 2.00 bits per heavy atom. The highest BCUT2D eigenvalue weighted by Crippen LogP contribution is 2.00. The maximum Gasteiger partial charge on any atom is 0.337 e. The third kappa shape index (κ3) is 2.55. The van der Waals surface area contributed by atoms with E-state index in [1.54, 1.807) is 0 Å². The minimum absolute atomic E-state index is 0.0501. The molecular weight excluding hydrogens is 174 g/mol. The molecule has 0 saturated carbocycles. The second kappa shape index (κ2) is 3.66. The van der Waals surface area contributed by atoms with Gasteiger partial charge in [0.05, 0.1) is 17.7 Å². The molecule has 1 aromatic rings. The van der Waals surface area contributed by atoms with Crippen molar-refractivity contribution in [1.29, 1.82) is 0 Å². The Kier molecular flexibility index (Phi) is 2.59. The van der Waals surface area contributed by atoms with Gasteiger partial charge in [0.15, 0.2) is 0 Å². The van der Waals surface area contributed by atoms with Crippen LogP contribution in [0.1, 0.15) is 16.1 Å². The van der Waals surface area contributed by atoms with Crippen LogP contribution in [0.3, 0.4) is 0 Å². The molecule has 0 fully saturated rings. The number of pyridine rings is 1. The summed E-state index contributed by atoms with van der Waals surface area (Å²) in [5.41, 5.74) is 0.395. The first-order valence-electron chi connectivity index (χ1n) is 3.49. The first kappa shape index (κ1) is 9.18. The quantitative estimate of drug-likeness (QED) is 0.704. The van der Waals surface area contributed by atoms with Gasteiger partial charge in [-0.2, -0.15) is 0 Å². The average molecular weight is 181 g/mol. The van der Waals surface area contributed by atoms with Crippen molar-refractivity contribution in [1.82, 2.24) is 4.98 Å². The maximum atomic E-state index is 10.4.